The highest BCUT2D eigenvalue weighted by atomic mass is 16.5. The highest BCUT2D eigenvalue weighted by molar-refractivity contribution is 5.95. The molecule has 2 aliphatic heterocycles. The number of cyclic esters (lactones) is 1. The van der Waals surface area contributed by atoms with E-state index in [9.17, 15) is 9.59 Å². The second kappa shape index (κ2) is 7.79. The second-order valence-electron chi connectivity index (χ2n) is 6.78. The summed E-state index contributed by atoms with van der Waals surface area (Å²) in [6.45, 7) is 5.06. The number of hydrogen-bond acceptors (Lipinski definition) is 4. The lowest BCUT2D eigenvalue weighted by Crippen LogP contribution is -2.43. The number of amides is 1. The van der Waals surface area contributed by atoms with Crippen LogP contribution >= 0.6 is 0 Å². The van der Waals surface area contributed by atoms with Crippen LogP contribution in [-0.2, 0) is 16.0 Å². The Morgan fingerprint density at radius 2 is 2.17 bits per heavy atom. The molecule has 1 fully saturated rings. The van der Waals surface area contributed by atoms with Crippen LogP contribution in [0.2, 0.25) is 0 Å². The number of hydrogen-bond donors (Lipinski definition) is 1. The Hall–Kier alpha value is -1.88. The predicted molar refractivity (Wildman–Crippen MR) is 91.9 cm³/mol. The van der Waals surface area contributed by atoms with Crippen molar-refractivity contribution >= 4 is 11.9 Å². The molecule has 1 N–H and O–H groups in total. The molecule has 1 amide bonds. The summed E-state index contributed by atoms with van der Waals surface area (Å²) in [7, 11) is 0. The van der Waals surface area contributed by atoms with Crippen molar-refractivity contribution in [2.45, 2.75) is 51.2 Å². The topological polar surface area (TPSA) is 58.6 Å². The highest BCUT2D eigenvalue weighted by Crippen LogP contribution is 2.20. The summed E-state index contributed by atoms with van der Waals surface area (Å²) in [4.78, 5) is 26.7. The molecule has 0 radical (unpaired) electrons. The van der Waals surface area contributed by atoms with Crippen LogP contribution in [0, 0.1) is 0 Å². The highest BCUT2D eigenvalue weighted by Gasteiger charge is 2.30. The number of benzene rings is 1. The van der Waals surface area contributed by atoms with Crippen molar-refractivity contribution in [3.63, 3.8) is 0 Å². The molecule has 2 atom stereocenters. The van der Waals surface area contributed by atoms with Gasteiger partial charge in [0.2, 0.25) is 0 Å². The lowest BCUT2D eigenvalue weighted by molar-refractivity contribution is -0.130. The normalized spacial score (nSPS) is 24.1. The second-order valence-corrected chi connectivity index (χ2v) is 6.78. The van der Waals surface area contributed by atoms with Gasteiger partial charge in [-0.2, -0.15) is 0 Å². The van der Waals surface area contributed by atoms with E-state index in [1.807, 2.05) is 18.2 Å². The first-order valence-corrected chi connectivity index (χ1v) is 8.96. The molecule has 2 aliphatic rings. The molecule has 3 rings (SSSR count). The first-order valence-electron chi connectivity index (χ1n) is 8.96. The largest absolute Gasteiger partial charge is 0.448 e. The van der Waals surface area contributed by atoms with Crippen molar-refractivity contribution in [2.24, 2.45) is 0 Å². The van der Waals surface area contributed by atoms with Crippen LogP contribution in [0.25, 0.3) is 0 Å². The van der Waals surface area contributed by atoms with Gasteiger partial charge in [-0.1, -0.05) is 24.6 Å². The van der Waals surface area contributed by atoms with Crippen molar-refractivity contribution in [3.05, 3.63) is 35.4 Å². The number of likely N-dealkylation sites (tertiary alicyclic amines) is 1. The van der Waals surface area contributed by atoms with Crippen molar-refractivity contribution in [2.75, 3.05) is 19.6 Å². The van der Waals surface area contributed by atoms with Gasteiger partial charge in [-0.3, -0.25) is 4.79 Å². The molecule has 2 unspecified atom stereocenters. The maximum absolute atomic E-state index is 12.3. The van der Waals surface area contributed by atoms with Gasteiger partial charge in [-0.05, 0) is 44.4 Å². The SMILES string of the molecule is CC1CCCCN1CCCNC(=O)C1Cc2ccccc2C(=O)O1. The minimum atomic E-state index is -0.707. The summed E-state index contributed by atoms with van der Waals surface area (Å²) in [5.41, 5.74) is 1.46. The summed E-state index contributed by atoms with van der Waals surface area (Å²) in [6.07, 6.45) is 4.53. The monoisotopic (exact) mass is 330 g/mol. The number of carbonyl (C=O) groups is 2. The standard InChI is InChI=1S/C19H26N2O3/c1-14-7-4-5-11-21(14)12-6-10-20-18(22)17-13-15-8-2-3-9-16(15)19(23)24-17/h2-3,8-9,14,17H,4-7,10-13H2,1H3,(H,20,22). The number of nitrogens with one attached hydrogen (secondary N) is 1. The maximum Gasteiger partial charge on any atom is 0.339 e. The van der Waals surface area contributed by atoms with E-state index < -0.39 is 12.1 Å². The average molecular weight is 330 g/mol. The third-order valence-electron chi connectivity index (χ3n) is 5.05. The number of rotatable bonds is 5. The van der Waals surface area contributed by atoms with Crippen molar-refractivity contribution < 1.29 is 14.3 Å². The fourth-order valence-corrected chi connectivity index (χ4v) is 3.58. The van der Waals surface area contributed by atoms with Crippen LogP contribution in [0.3, 0.4) is 0 Å². The van der Waals surface area contributed by atoms with E-state index in [2.05, 4.69) is 17.1 Å². The first-order chi connectivity index (χ1) is 11.6. The van der Waals surface area contributed by atoms with Crippen molar-refractivity contribution in [1.29, 1.82) is 0 Å². The summed E-state index contributed by atoms with van der Waals surface area (Å²) < 4.78 is 5.28. The van der Waals surface area contributed by atoms with Crippen LogP contribution in [-0.4, -0.2) is 48.6 Å². The maximum atomic E-state index is 12.3. The zero-order valence-corrected chi connectivity index (χ0v) is 14.3. The number of ether oxygens (including phenoxy) is 1. The Labute approximate surface area is 143 Å². The van der Waals surface area contributed by atoms with E-state index in [4.69, 9.17) is 4.74 Å². The molecule has 2 heterocycles. The van der Waals surface area contributed by atoms with Gasteiger partial charge in [0.15, 0.2) is 6.10 Å². The Kier molecular flexibility index (Phi) is 5.51. The summed E-state index contributed by atoms with van der Waals surface area (Å²) in [5, 5.41) is 2.92. The average Bonchev–Trinajstić information content (AvgIpc) is 2.60. The van der Waals surface area contributed by atoms with Gasteiger partial charge < -0.3 is 15.0 Å². The number of nitrogens with zero attached hydrogens (tertiary/aromatic N) is 1. The smallest absolute Gasteiger partial charge is 0.339 e. The fourth-order valence-electron chi connectivity index (χ4n) is 3.58. The van der Waals surface area contributed by atoms with Gasteiger partial charge in [-0.15, -0.1) is 0 Å². The van der Waals surface area contributed by atoms with Crippen LogP contribution in [0.5, 0.6) is 0 Å². The van der Waals surface area contributed by atoms with Gasteiger partial charge in [0.05, 0.1) is 5.56 Å². The molecule has 0 bridgehead atoms. The molecule has 24 heavy (non-hydrogen) atoms. The van der Waals surface area contributed by atoms with Crippen molar-refractivity contribution in [1.82, 2.24) is 10.2 Å². The molecule has 0 saturated carbocycles. The summed E-state index contributed by atoms with van der Waals surface area (Å²) in [5.74, 6) is -0.594. The van der Waals surface area contributed by atoms with E-state index >= 15 is 0 Å². The van der Waals surface area contributed by atoms with E-state index in [0.717, 1.165) is 25.1 Å². The zero-order valence-electron chi connectivity index (χ0n) is 14.3. The van der Waals surface area contributed by atoms with E-state index in [0.29, 0.717) is 24.6 Å². The van der Waals surface area contributed by atoms with Crippen LogP contribution in [0.4, 0.5) is 0 Å². The van der Waals surface area contributed by atoms with Crippen molar-refractivity contribution in [3.8, 4) is 0 Å². The zero-order chi connectivity index (χ0) is 16.9. The van der Waals surface area contributed by atoms with Crippen LogP contribution in [0.1, 0.15) is 48.5 Å². The Morgan fingerprint density at radius 1 is 1.33 bits per heavy atom. The number of esters is 1. The Morgan fingerprint density at radius 3 is 3.00 bits per heavy atom. The molecular formula is C19H26N2O3. The fraction of sp³-hybridized carbons (Fsp3) is 0.579. The molecule has 0 aliphatic carbocycles. The van der Waals surface area contributed by atoms with Gasteiger partial charge in [0, 0.05) is 25.6 Å². The predicted octanol–water partition coefficient (Wildman–Crippen LogP) is 2.15. The molecule has 1 aromatic carbocycles. The van der Waals surface area contributed by atoms with Crippen LogP contribution in [0.15, 0.2) is 24.3 Å². The quantitative estimate of drug-likeness (QED) is 0.664. The molecule has 0 aromatic heterocycles. The summed E-state index contributed by atoms with van der Waals surface area (Å²) in [6, 6.07) is 7.96. The minimum absolute atomic E-state index is 0.190. The van der Waals surface area contributed by atoms with Gasteiger partial charge >= 0.3 is 5.97 Å². The Balaban J connectivity index is 1.44. The summed E-state index contributed by atoms with van der Waals surface area (Å²) >= 11 is 0. The minimum Gasteiger partial charge on any atom is -0.448 e. The van der Waals surface area contributed by atoms with Gasteiger partial charge in [0.1, 0.15) is 0 Å². The third kappa shape index (κ3) is 3.96. The van der Waals surface area contributed by atoms with Gasteiger partial charge in [-0.25, -0.2) is 4.79 Å². The van der Waals surface area contributed by atoms with E-state index in [1.54, 1.807) is 6.07 Å². The molecular weight excluding hydrogens is 304 g/mol. The van der Waals surface area contributed by atoms with E-state index in [1.165, 1.54) is 19.3 Å². The Bertz CT molecular complexity index is 602. The lowest BCUT2D eigenvalue weighted by atomic mass is 9.98. The molecule has 1 saturated heterocycles. The van der Waals surface area contributed by atoms with Gasteiger partial charge in [0.25, 0.3) is 5.91 Å². The molecule has 5 heteroatoms. The first kappa shape index (κ1) is 17.0. The van der Waals surface area contributed by atoms with Crippen LogP contribution < -0.4 is 5.32 Å². The lowest BCUT2D eigenvalue weighted by Gasteiger charge is -2.33. The number of carbonyl (C=O) groups excluding carboxylic acids is 2. The molecule has 130 valence electrons. The molecule has 1 aromatic rings. The number of piperidine rings is 1. The molecule has 5 nitrogen and oxygen atoms in total. The number of fused-ring (bicyclic) bond motifs is 1. The van der Waals surface area contributed by atoms with E-state index in [-0.39, 0.29) is 5.91 Å². The molecule has 0 spiro atoms. The third-order valence-corrected chi connectivity index (χ3v) is 5.05.